The van der Waals surface area contributed by atoms with Crippen molar-refractivity contribution in [3.8, 4) is 0 Å². The monoisotopic (exact) mass is 458 g/mol. The maximum Gasteiger partial charge on any atom is 0.501 e. The van der Waals surface area contributed by atoms with Crippen LogP contribution in [0.4, 0.5) is 22.0 Å². The Morgan fingerprint density at radius 3 is 1.50 bits per heavy atom. The molecule has 0 bridgehead atoms. The third-order valence-electron chi connectivity index (χ3n) is 3.85. The minimum atomic E-state index is -3.07. The van der Waals surface area contributed by atoms with E-state index in [-0.39, 0.29) is 19.1 Å². The summed E-state index contributed by atoms with van der Waals surface area (Å²) in [6, 6.07) is 0.261. The molecule has 0 heterocycles. The van der Waals surface area contributed by atoms with Crippen molar-refractivity contribution in [3.05, 3.63) is 34.6 Å². The summed E-state index contributed by atoms with van der Waals surface area (Å²) in [5.41, 5.74) is -1.62. The van der Waals surface area contributed by atoms with Gasteiger partial charge in [-0.15, -0.1) is 0 Å². The summed E-state index contributed by atoms with van der Waals surface area (Å²) in [4.78, 5) is 11.9. The summed E-state index contributed by atoms with van der Waals surface area (Å²) in [5, 5.41) is 0. The highest BCUT2D eigenvalue weighted by Gasteiger charge is 2.40. The lowest BCUT2D eigenvalue weighted by Gasteiger charge is -2.29. The van der Waals surface area contributed by atoms with E-state index in [9.17, 15) is 26.7 Å². The standard InChI is InChI=1S/C19H27F5O5Si/c1-4-8-27-30(28-9-5-2,29-10-6-3)12-7-11-26-19(25)13-14(20)16(22)18(24)17(23)15(13)21/h4-12H2,1-3H3. The van der Waals surface area contributed by atoms with E-state index in [4.69, 9.17) is 18.0 Å². The zero-order valence-corrected chi connectivity index (χ0v) is 18.3. The van der Waals surface area contributed by atoms with Crippen molar-refractivity contribution in [2.45, 2.75) is 52.5 Å². The minimum Gasteiger partial charge on any atom is -0.462 e. The molecule has 5 nitrogen and oxygen atoms in total. The van der Waals surface area contributed by atoms with Crippen LogP contribution in [0.15, 0.2) is 0 Å². The van der Waals surface area contributed by atoms with E-state index in [2.05, 4.69) is 0 Å². The second kappa shape index (κ2) is 13.0. The van der Waals surface area contributed by atoms with E-state index in [1.807, 2.05) is 20.8 Å². The first-order valence-corrected chi connectivity index (χ1v) is 11.8. The molecule has 0 aromatic heterocycles. The normalized spacial score (nSPS) is 11.7. The van der Waals surface area contributed by atoms with Gasteiger partial charge in [-0.3, -0.25) is 0 Å². The number of carbonyl (C=O) groups excluding carboxylic acids is 1. The summed E-state index contributed by atoms with van der Waals surface area (Å²) >= 11 is 0. The lowest BCUT2D eigenvalue weighted by Crippen LogP contribution is -2.46. The molecule has 0 amide bonds. The molecule has 0 aliphatic carbocycles. The van der Waals surface area contributed by atoms with Gasteiger partial charge in [-0.05, 0) is 25.7 Å². The molecule has 0 aliphatic heterocycles. The number of benzene rings is 1. The molecule has 0 radical (unpaired) electrons. The number of hydrogen-bond acceptors (Lipinski definition) is 5. The smallest absolute Gasteiger partial charge is 0.462 e. The van der Waals surface area contributed by atoms with Crippen LogP contribution < -0.4 is 0 Å². The fourth-order valence-electron chi connectivity index (χ4n) is 2.42. The van der Waals surface area contributed by atoms with Crippen LogP contribution in [-0.2, 0) is 18.0 Å². The van der Waals surface area contributed by atoms with Gasteiger partial charge in [0.1, 0.15) is 5.56 Å². The highest BCUT2D eigenvalue weighted by Crippen LogP contribution is 2.24. The van der Waals surface area contributed by atoms with E-state index in [0.29, 0.717) is 19.8 Å². The number of hydrogen-bond donors (Lipinski definition) is 0. The molecule has 11 heteroatoms. The Balaban J connectivity index is 2.81. The predicted octanol–water partition coefficient (Wildman–Crippen LogP) is 5.15. The van der Waals surface area contributed by atoms with Crippen LogP contribution in [-0.4, -0.2) is 41.2 Å². The van der Waals surface area contributed by atoms with Gasteiger partial charge in [0.2, 0.25) is 5.82 Å². The maximum absolute atomic E-state index is 13.7. The van der Waals surface area contributed by atoms with Gasteiger partial charge < -0.3 is 18.0 Å². The topological polar surface area (TPSA) is 54.0 Å². The predicted molar refractivity (Wildman–Crippen MR) is 100 cm³/mol. The quantitative estimate of drug-likeness (QED) is 0.0964. The molecule has 30 heavy (non-hydrogen) atoms. The summed E-state index contributed by atoms with van der Waals surface area (Å²) < 4.78 is 89.3. The van der Waals surface area contributed by atoms with Crippen molar-refractivity contribution in [1.29, 1.82) is 0 Å². The van der Waals surface area contributed by atoms with E-state index >= 15 is 0 Å². The van der Waals surface area contributed by atoms with Gasteiger partial charge in [0.25, 0.3) is 0 Å². The molecule has 0 spiro atoms. The van der Waals surface area contributed by atoms with Crippen molar-refractivity contribution in [1.82, 2.24) is 0 Å². The molecule has 1 rings (SSSR count). The third kappa shape index (κ3) is 7.00. The van der Waals surface area contributed by atoms with Crippen LogP contribution in [0.5, 0.6) is 0 Å². The van der Waals surface area contributed by atoms with E-state index in [0.717, 1.165) is 19.3 Å². The summed E-state index contributed by atoms with van der Waals surface area (Å²) in [5.74, 6) is -12.9. The van der Waals surface area contributed by atoms with Gasteiger partial charge in [-0.1, -0.05) is 20.8 Å². The first-order chi connectivity index (χ1) is 14.2. The number of carbonyl (C=O) groups is 1. The lowest BCUT2D eigenvalue weighted by molar-refractivity contribution is 0.0435. The Labute approximate surface area is 173 Å². The summed E-state index contributed by atoms with van der Waals surface area (Å²) in [6.45, 7) is 6.64. The highest BCUT2D eigenvalue weighted by atomic mass is 28.4. The third-order valence-corrected chi connectivity index (χ3v) is 6.75. The molecule has 0 unspecified atom stereocenters. The SMILES string of the molecule is CCCO[Si](CCCOC(=O)c1c(F)c(F)c(F)c(F)c1F)(OCCC)OCCC. The zero-order valence-electron chi connectivity index (χ0n) is 17.3. The van der Waals surface area contributed by atoms with E-state index in [1.165, 1.54) is 0 Å². The van der Waals surface area contributed by atoms with Crippen LogP contribution in [0.25, 0.3) is 0 Å². The number of halogens is 5. The molecular formula is C19H27F5O5Si. The van der Waals surface area contributed by atoms with E-state index in [1.54, 1.807) is 0 Å². The van der Waals surface area contributed by atoms with Gasteiger partial charge in [-0.2, -0.15) is 0 Å². The Morgan fingerprint density at radius 2 is 1.10 bits per heavy atom. The molecule has 0 N–H and O–H groups in total. The number of rotatable bonds is 14. The molecule has 0 saturated heterocycles. The fraction of sp³-hybridized carbons (Fsp3) is 0.632. The Morgan fingerprint density at radius 1 is 0.700 bits per heavy atom. The lowest BCUT2D eigenvalue weighted by atomic mass is 10.1. The van der Waals surface area contributed by atoms with E-state index < -0.39 is 49.4 Å². The highest BCUT2D eigenvalue weighted by molar-refractivity contribution is 6.60. The minimum absolute atomic E-state index is 0.157. The second-order valence-corrected chi connectivity index (χ2v) is 9.14. The van der Waals surface area contributed by atoms with Gasteiger partial charge >= 0.3 is 14.8 Å². The van der Waals surface area contributed by atoms with Crippen molar-refractivity contribution >= 4 is 14.8 Å². The zero-order chi connectivity index (χ0) is 22.7. The van der Waals surface area contributed by atoms with Crippen LogP contribution in [0, 0.1) is 29.1 Å². The van der Waals surface area contributed by atoms with Crippen LogP contribution in [0.2, 0.25) is 6.04 Å². The molecule has 0 fully saturated rings. The fourth-order valence-corrected chi connectivity index (χ4v) is 5.23. The summed E-state index contributed by atoms with van der Waals surface area (Å²) in [7, 11) is -3.07. The van der Waals surface area contributed by atoms with Gasteiger partial charge in [0, 0.05) is 25.9 Å². The second-order valence-electron chi connectivity index (χ2n) is 6.41. The van der Waals surface area contributed by atoms with Gasteiger partial charge in [-0.25, -0.2) is 26.7 Å². The van der Waals surface area contributed by atoms with Crippen LogP contribution in [0.1, 0.15) is 56.8 Å². The van der Waals surface area contributed by atoms with Crippen molar-refractivity contribution < 1.29 is 44.8 Å². The molecule has 1 aromatic rings. The molecule has 0 atom stereocenters. The van der Waals surface area contributed by atoms with Crippen LogP contribution in [0.3, 0.4) is 0 Å². The average molecular weight is 458 g/mol. The first-order valence-electron chi connectivity index (χ1n) is 9.85. The number of ether oxygens (including phenoxy) is 1. The van der Waals surface area contributed by atoms with Gasteiger partial charge in [0.15, 0.2) is 23.3 Å². The summed E-state index contributed by atoms with van der Waals surface area (Å²) in [6.07, 6.45) is 2.35. The van der Waals surface area contributed by atoms with Crippen molar-refractivity contribution in [2.24, 2.45) is 0 Å². The Bertz CT molecular complexity index is 654. The Hall–Kier alpha value is -1.56. The van der Waals surface area contributed by atoms with Gasteiger partial charge in [0.05, 0.1) is 6.61 Å². The molecule has 1 aromatic carbocycles. The average Bonchev–Trinajstić information content (AvgIpc) is 2.74. The molecule has 172 valence electrons. The Kier molecular flexibility index (Phi) is 11.5. The molecular weight excluding hydrogens is 431 g/mol. The van der Waals surface area contributed by atoms with Crippen molar-refractivity contribution in [2.75, 3.05) is 26.4 Å². The molecule has 0 saturated carbocycles. The van der Waals surface area contributed by atoms with Crippen LogP contribution >= 0.6 is 0 Å². The first kappa shape index (κ1) is 26.5. The number of esters is 1. The maximum atomic E-state index is 13.7. The largest absolute Gasteiger partial charge is 0.501 e. The van der Waals surface area contributed by atoms with Crippen molar-refractivity contribution in [3.63, 3.8) is 0 Å². The molecule has 0 aliphatic rings.